The Kier molecular flexibility index (Phi) is 16.9. The zero-order valence-corrected chi connectivity index (χ0v) is 25.1. The minimum absolute atomic E-state index is 0.240. The molecule has 4 N–H and O–H groups in total. The number of aromatic nitrogens is 2. The van der Waals surface area contributed by atoms with Crippen LogP contribution in [0.2, 0.25) is 0 Å². The first-order valence-electron chi connectivity index (χ1n) is 11.2. The molecule has 0 radical (unpaired) electrons. The number of nitrogens with zero attached hydrogens (tertiary/aromatic N) is 2. The van der Waals surface area contributed by atoms with Crippen LogP contribution in [0.25, 0.3) is 11.4 Å². The summed E-state index contributed by atoms with van der Waals surface area (Å²) >= 11 is 8.14. The van der Waals surface area contributed by atoms with Crippen LogP contribution < -0.4 is 20.1 Å². The van der Waals surface area contributed by atoms with Crippen molar-refractivity contribution < 1.29 is 19.2 Å². The fraction of sp³-hybridized carbons (Fsp3) is 0.364. The maximum atomic E-state index is 12.5. The van der Waals surface area contributed by atoms with Crippen LogP contribution in [-0.4, -0.2) is 82.5 Å². The van der Waals surface area contributed by atoms with E-state index in [1.54, 1.807) is 36.4 Å². The van der Waals surface area contributed by atoms with E-state index in [-0.39, 0.29) is 35.3 Å². The van der Waals surface area contributed by atoms with Gasteiger partial charge in [-0.3, -0.25) is 9.59 Å². The predicted molar refractivity (Wildman–Crippen MR) is 166 cm³/mol. The van der Waals surface area contributed by atoms with Crippen LogP contribution >= 0.6 is 68.8 Å². The molecule has 0 aromatic carbocycles. The second-order valence-electron chi connectivity index (χ2n) is 7.22. The van der Waals surface area contributed by atoms with Crippen LogP contribution in [0.1, 0.15) is 21.0 Å². The van der Waals surface area contributed by atoms with Crippen LogP contribution in [0.3, 0.4) is 0 Å². The molecule has 0 saturated carbocycles. The van der Waals surface area contributed by atoms with E-state index in [1.807, 2.05) is 0 Å². The lowest BCUT2D eigenvalue weighted by molar-refractivity contribution is -0.109. The highest BCUT2D eigenvalue weighted by Gasteiger charge is 2.12. The molecule has 0 aliphatic heterocycles. The molecule has 2 aromatic heterocycles. The van der Waals surface area contributed by atoms with Crippen LogP contribution in [-0.2, 0) is 9.59 Å². The fourth-order valence-corrected chi connectivity index (χ4v) is 6.44. The van der Waals surface area contributed by atoms with E-state index in [0.29, 0.717) is 47.5 Å². The summed E-state index contributed by atoms with van der Waals surface area (Å²) in [5.41, 5.74) is 1.42. The number of rotatable bonds is 19. The summed E-state index contributed by atoms with van der Waals surface area (Å²) in [6.07, 6.45) is 1.60. The lowest BCUT2D eigenvalue weighted by Gasteiger charge is -2.09. The van der Waals surface area contributed by atoms with Gasteiger partial charge in [-0.15, -0.1) is 0 Å². The van der Waals surface area contributed by atoms with Gasteiger partial charge in [0.2, 0.25) is 0 Å². The van der Waals surface area contributed by atoms with Gasteiger partial charge in [0.05, 0.1) is 23.5 Å². The Bertz CT molecular complexity index is 971. The van der Waals surface area contributed by atoms with E-state index < -0.39 is 0 Å². The standard InChI is InChI=1S/C22H28N6O4S6/c29-11-15(13-33)27-37-35-9-7-23-21(31)19-5-1-3-17(25-19)18-4-2-6-20(26-18)22(32)24-8-10-36-38-28-16(12-30)14-34/h1-6,11-12,15-16,27-28,33-34H,7-10,13-14H2,(H,23,31)(H,24,32)/t15-,16-/m1/s1. The molecule has 2 aromatic rings. The number of pyridine rings is 2. The van der Waals surface area contributed by atoms with Crippen molar-refractivity contribution in [1.82, 2.24) is 30.0 Å². The fourth-order valence-electron chi connectivity index (χ4n) is 2.49. The van der Waals surface area contributed by atoms with Crippen molar-refractivity contribution in [1.29, 1.82) is 0 Å². The van der Waals surface area contributed by atoms with Gasteiger partial charge in [0, 0.05) is 36.1 Å². The summed E-state index contributed by atoms with van der Waals surface area (Å²) in [5.74, 6) is 1.44. The zero-order chi connectivity index (χ0) is 27.6. The van der Waals surface area contributed by atoms with E-state index in [0.717, 1.165) is 12.6 Å². The van der Waals surface area contributed by atoms with Gasteiger partial charge in [-0.2, -0.15) is 25.3 Å². The van der Waals surface area contributed by atoms with Gasteiger partial charge in [0.1, 0.15) is 24.0 Å². The summed E-state index contributed by atoms with van der Waals surface area (Å²) in [7, 11) is 5.61. The van der Waals surface area contributed by atoms with Crippen molar-refractivity contribution in [3.63, 3.8) is 0 Å². The average Bonchev–Trinajstić information content (AvgIpc) is 2.96. The average molecular weight is 633 g/mol. The number of nitrogens with one attached hydrogen (secondary N) is 4. The Morgan fingerprint density at radius 1 is 0.763 bits per heavy atom. The highest BCUT2D eigenvalue weighted by molar-refractivity contribution is 8.76. The first-order valence-corrected chi connectivity index (χ1v) is 17.1. The van der Waals surface area contributed by atoms with Crippen molar-refractivity contribution in [3.8, 4) is 11.4 Å². The Morgan fingerprint density at radius 2 is 1.18 bits per heavy atom. The monoisotopic (exact) mass is 632 g/mol. The molecule has 0 aliphatic carbocycles. The number of aldehydes is 2. The number of amides is 2. The predicted octanol–water partition coefficient (Wildman–Crippen LogP) is 2.37. The van der Waals surface area contributed by atoms with Gasteiger partial charge < -0.3 is 20.2 Å². The smallest absolute Gasteiger partial charge is 0.269 e. The molecule has 38 heavy (non-hydrogen) atoms. The zero-order valence-electron chi connectivity index (χ0n) is 20.1. The van der Waals surface area contributed by atoms with Gasteiger partial charge in [-0.1, -0.05) is 33.7 Å². The Morgan fingerprint density at radius 3 is 1.55 bits per heavy atom. The summed E-state index contributed by atoms with van der Waals surface area (Å²) < 4.78 is 5.92. The van der Waals surface area contributed by atoms with E-state index in [9.17, 15) is 19.2 Å². The molecule has 206 valence electrons. The molecule has 2 amide bonds. The van der Waals surface area contributed by atoms with Crippen molar-refractivity contribution in [2.45, 2.75) is 12.1 Å². The SMILES string of the molecule is O=C[C@H](CS)NSSCCNC(=O)c1cccc(-c2cccc(C(=O)NCCSSN[C@H](C=O)CS)n2)n1. The van der Waals surface area contributed by atoms with E-state index in [1.165, 1.54) is 43.5 Å². The van der Waals surface area contributed by atoms with Crippen LogP contribution in [0.15, 0.2) is 36.4 Å². The Labute approximate surface area is 248 Å². The first kappa shape index (κ1) is 32.8. The normalized spacial score (nSPS) is 12.4. The van der Waals surface area contributed by atoms with Crippen molar-refractivity contribution in [2.24, 2.45) is 0 Å². The maximum absolute atomic E-state index is 12.5. The molecule has 0 saturated heterocycles. The Balaban J connectivity index is 1.82. The molecule has 0 unspecified atom stereocenters. The molecular weight excluding hydrogens is 605 g/mol. The van der Waals surface area contributed by atoms with Crippen molar-refractivity contribution >= 4 is 93.2 Å². The molecule has 2 rings (SSSR count). The molecule has 0 fully saturated rings. The maximum Gasteiger partial charge on any atom is 0.269 e. The van der Waals surface area contributed by atoms with Gasteiger partial charge in [-0.25, -0.2) is 19.4 Å². The third-order valence-electron chi connectivity index (χ3n) is 4.41. The summed E-state index contributed by atoms with van der Waals surface area (Å²) in [5, 5.41) is 5.62. The number of hydrogen-bond donors (Lipinski definition) is 6. The van der Waals surface area contributed by atoms with E-state index in [4.69, 9.17) is 0 Å². The quantitative estimate of drug-likeness (QED) is 0.0445. The Hall–Kier alpha value is -1.40. The molecule has 16 heteroatoms. The van der Waals surface area contributed by atoms with Gasteiger partial charge in [0.25, 0.3) is 11.8 Å². The van der Waals surface area contributed by atoms with Gasteiger partial charge in [0.15, 0.2) is 0 Å². The third-order valence-corrected chi connectivity index (χ3v) is 9.25. The molecule has 0 spiro atoms. The number of thiol groups is 2. The van der Waals surface area contributed by atoms with E-state index in [2.05, 4.69) is 55.3 Å². The van der Waals surface area contributed by atoms with Crippen molar-refractivity contribution in [3.05, 3.63) is 47.8 Å². The summed E-state index contributed by atoms with van der Waals surface area (Å²) in [6, 6.07) is 9.46. The third kappa shape index (κ3) is 12.2. The number of hydrogen-bond acceptors (Lipinski definition) is 14. The lowest BCUT2D eigenvalue weighted by atomic mass is 10.2. The van der Waals surface area contributed by atoms with Crippen LogP contribution in [0, 0.1) is 0 Å². The summed E-state index contributed by atoms with van der Waals surface area (Å²) in [4.78, 5) is 55.4. The minimum atomic E-state index is -0.320. The van der Waals surface area contributed by atoms with Crippen LogP contribution in [0.4, 0.5) is 0 Å². The number of carbonyl (C=O) groups is 4. The molecule has 0 aliphatic rings. The first-order chi connectivity index (χ1) is 18.5. The molecule has 2 atom stereocenters. The molecule has 10 nitrogen and oxygen atoms in total. The van der Waals surface area contributed by atoms with Gasteiger partial charge >= 0.3 is 0 Å². The second kappa shape index (κ2) is 19.6. The summed E-state index contributed by atoms with van der Waals surface area (Å²) in [6.45, 7) is 0.842. The van der Waals surface area contributed by atoms with Crippen LogP contribution in [0.5, 0.6) is 0 Å². The molecule has 2 heterocycles. The van der Waals surface area contributed by atoms with Crippen molar-refractivity contribution in [2.75, 3.05) is 36.1 Å². The molecular formula is C22H28N6O4S6. The lowest BCUT2D eigenvalue weighted by Crippen LogP contribution is -2.28. The number of carbonyl (C=O) groups excluding carboxylic acids is 4. The molecule has 0 bridgehead atoms. The van der Waals surface area contributed by atoms with E-state index >= 15 is 0 Å². The second-order valence-corrected chi connectivity index (χ2v) is 12.5. The topological polar surface area (TPSA) is 142 Å². The largest absolute Gasteiger partial charge is 0.350 e. The minimum Gasteiger partial charge on any atom is -0.350 e. The highest BCUT2D eigenvalue weighted by atomic mass is 33.1. The highest BCUT2D eigenvalue weighted by Crippen LogP contribution is 2.18. The van der Waals surface area contributed by atoms with Gasteiger partial charge in [-0.05, 0) is 46.2 Å².